The molecule has 1 aromatic carbocycles. The third-order valence-electron chi connectivity index (χ3n) is 2.16. The van der Waals surface area contributed by atoms with E-state index in [9.17, 15) is 9.90 Å². The summed E-state index contributed by atoms with van der Waals surface area (Å²) in [6.07, 6.45) is 0.694. The minimum atomic E-state index is -1.26. The molecule has 4 nitrogen and oxygen atoms in total. The Bertz CT molecular complexity index is 392. The number of halogens is 1. The van der Waals surface area contributed by atoms with Gasteiger partial charge in [0.05, 0.1) is 5.02 Å². The summed E-state index contributed by atoms with van der Waals surface area (Å²) < 4.78 is 0. The number of benzene rings is 1. The topological polar surface area (TPSA) is 83.5 Å². The van der Waals surface area contributed by atoms with Crippen molar-refractivity contribution in [3.8, 4) is 5.75 Å². The predicted octanol–water partition coefficient (Wildman–Crippen LogP) is 1.69. The molecule has 1 aromatic rings. The van der Waals surface area contributed by atoms with Crippen molar-refractivity contribution in [2.45, 2.75) is 19.4 Å². The van der Waals surface area contributed by atoms with E-state index in [2.05, 4.69) is 0 Å². The smallest absolute Gasteiger partial charge is 0.325 e. The molecule has 0 aromatic heterocycles. The maximum Gasteiger partial charge on any atom is 0.325 e. The molecule has 0 fully saturated rings. The molecule has 0 aliphatic rings. The Morgan fingerprint density at radius 3 is 2.67 bits per heavy atom. The maximum atomic E-state index is 10.7. The van der Waals surface area contributed by atoms with Crippen molar-refractivity contribution in [2.24, 2.45) is 5.73 Å². The Balaban J connectivity index is 3.27. The lowest BCUT2D eigenvalue weighted by atomic mass is 10.0. The van der Waals surface area contributed by atoms with E-state index in [1.54, 1.807) is 12.1 Å². The molecular weight excluding hydrogens is 218 g/mol. The Labute approximate surface area is 92.3 Å². The lowest BCUT2D eigenvalue weighted by Crippen LogP contribution is -2.21. The van der Waals surface area contributed by atoms with Crippen molar-refractivity contribution in [2.75, 3.05) is 0 Å². The van der Waals surface area contributed by atoms with Gasteiger partial charge in [-0.05, 0) is 24.1 Å². The Morgan fingerprint density at radius 2 is 2.20 bits per heavy atom. The van der Waals surface area contributed by atoms with Gasteiger partial charge in [-0.25, -0.2) is 0 Å². The first-order valence-corrected chi connectivity index (χ1v) is 4.84. The molecule has 1 atom stereocenters. The SMILES string of the molecule is CCc1cc(Cl)c(O)c([C@H](N)C(=O)O)c1. The molecule has 5 heteroatoms. The van der Waals surface area contributed by atoms with Crippen LogP contribution in [0.2, 0.25) is 5.02 Å². The quantitative estimate of drug-likeness (QED) is 0.737. The number of carboxylic acids is 1. The van der Waals surface area contributed by atoms with Gasteiger partial charge in [-0.3, -0.25) is 4.79 Å². The van der Waals surface area contributed by atoms with Crippen LogP contribution in [0.3, 0.4) is 0 Å². The molecular formula is C10H12ClNO3. The fraction of sp³-hybridized carbons (Fsp3) is 0.300. The van der Waals surface area contributed by atoms with Gasteiger partial charge in [0, 0.05) is 5.56 Å². The molecule has 0 saturated carbocycles. The number of hydrogen-bond donors (Lipinski definition) is 3. The number of carboxylic acid groups (broad SMARTS) is 1. The van der Waals surface area contributed by atoms with Gasteiger partial charge in [0.1, 0.15) is 11.8 Å². The molecule has 0 radical (unpaired) electrons. The predicted molar refractivity (Wildman–Crippen MR) is 57.1 cm³/mol. The van der Waals surface area contributed by atoms with E-state index in [0.717, 1.165) is 5.56 Å². The number of rotatable bonds is 3. The van der Waals surface area contributed by atoms with E-state index in [4.69, 9.17) is 22.4 Å². The van der Waals surface area contributed by atoms with Crippen LogP contribution in [0, 0.1) is 0 Å². The molecule has 4 N–H and O–H groups in total. The minimum Gasteiger partial charge on any atom is -0.506 e. The van der Waals surface area contributed by atoms with Crippen LogP contribution in [0.25, 0.3) is 0 Å². The molecule has 0 amide bonds. The van der Waals surface area contributed by atoms with Gasteiger partial charge >= 0.3 is 5.97 Å². The molecule has 0 bridgehead atoms. The Morgan fingerprint density at radius 1 is 1.60 bits per heavy atom. The number of aromatic hydroxyl groups is 1. The van der Waals surface area contributed by atoms with Crippen molar-refractivity contribution in [1.29, 1.82) is 0 Å². The zero-order valence-electron chi connectivity index (χ0n) is 8.20. The molecule has 15 heavy (non-hydrogen) atoms. The number of phenols is 1. The molecule has 0 aliphatic carbocycles. The van der Waals surface area contributed by atoms with Gasteiger partial charge in [-0.15, -0.1) is 0 Å². The first-order valence-electron chi connectivity index (χ1n) is 4.47. The lowest BCUT2D eigenvalue weighted by molar-refractivity contribution is -0.138. The average Bonchev–Trinajstić information content (AvgIpc) is 2.20. The van der Waals surface area contributed by atoms with Crippen LogP contribution in [-0.4, -0.2) is 16.2 Å². The number of phenolic OH excluding ortho intramolecular Hbond substituents is 1. The normalized spacial score (nSPS) is 12.5. The van der Waals surface area contributed by atoms with Gasteiger partial charge in [-0.1, -0.05) is 18.5 Å². The second-order valence-corrected chi connectivity index (χ2v) is 3.59. The summed E-state index contributed by atoms with van der Waals surface area (Å²) >= 11 is 5.75. The van der Waals surface area contributed by atoms with Gasteiger partial charge < -0.3 is 15.9 Å². The average molecular weight is 230 g/mol. The van der Waals surface area contributed by atoms with Crippen LogP contribution in [0.4, 0.5) is 0 Å². The van der Waals surface area contributed by atoms with E-state index in [1.807, 2.05) is 6.92 Å². The van der Waals surface area contributed by atoms with E-state index < -0.39 is 12.0 Å². The van der Waals surface area contributed by atoms with Gasteiger partial charge in [-0.2, -0.15) is 0 Å². The minimum absolute atomic E-state index is 0.126. The molecule has 1 rings (SSSR count). The summed E-state index contributed by atoms with van der Waals surface area (Å²) in [4.78, 5) is 10.7. The van der Waals surface area contributed by atoms with Gasteiger partial charge in [0.25, 0.3) is 0 Å². The van der Waals surface area contributed by atoms with Crippen molar-refractivity contribution < 1.29 is 15.0 Å². The highest BCUT2D eigenvalue weighted by atomic mass is 35.5. The molecule has 0 spiro atoms. The second kappa shape index (κ2) is 4.51. The third kappa shape index (κ3) is 2.40. The molecule has 0 aliphatic heterocycles. The first-order chi connectivity index (χ1) is 6.97. The maximum absolute atomic E-state index is 10.7. The monoisotopic (exact) mass is 229 g/mol. The van der Waals surface area contributed by atoms with Crippen LogP contribution in [0.15, 0.2) is 12.1 Å². The van der Waals surface area contributed by atoms with Crippen molar-refractivity contribution in [3.05, 3.63) is 28.3 Å². The molecule has 0 heterocycles. The Hall–Kier alpha value is -1.26. The highest BCUT2D eigenvalue weighted by molar-refractivity contribution is 6.32. The van der Waals surface area contributed by atoms with E-state index >= 15 is 0 Å². The van der Waals surface area contributed by atoms with Crippen LogP contribution in [0.1, 0.15) is 24.1 Å². The van der Waals surface area contributed by atoms with Gasteiger partial charge in [0.2, 0.25) is 0 Å². The number of nitrogens with two attached hydrogens (primary N) is 1. The number of hydrogen-bond acceptors (Lipinski definition) is 3. The zero-order valence-corrected chi connectivity index (χ0v) is 8.95. The van der Waals surface area contributed by atoms with Gasteiger partial charge in [0.15, 0.2) is 0 Å². The molecule has 0 unspecified atom stereocenters. The van der Waals surface area contributed by atoms with Crippen molar-refractivity contribution in [3.63, 3.8) is 0 Å². The summed E-state index contributed by atoms with van der Waals surface area (Å²) in [7, 11) is 0. The van der Waals surface area contributed by atoms with E-state index in [1.165, 1.54) is 0 Å². The lowest BCUT2D eigenvalue weighted by Gasteiger charge is -2.12. The first kappa shape index (κ1) is 11.8. The summed E-state index contributed by atoms with van der Waals surface area (Å²) in [5, 5.41) is 18.4. The largest absolute Gasteiger partial charge is 0.506 e. The van der Waals surface area contributed by atoms with Crippen LogP contribution in [0.5, 0.6) is 5.75 Å². The second-order valence-electron chi connectivity index (χ2n) is 3.18. The number of aliphatic carboxylic acids is 1. The summed E-state index contributed by atoms with van der Waals surface area (Å²) in [6.45, 7) is 1.90. The Kier molecular flexibility index (Phi) is 3.55. The summed E-state index contributed by atoms with van der Waals surface area (Å²) in [5.41, 5.74) is 6.40. The standard InChI is InChI=1S/C10H12ClNO3/c1-2-5-3-6(8(12)10(14)15)9(13)7(11)4-5/h3-4,8,13H,2,12H2,1H3,(H,14,15)/t8-/m0/s1. The van der Waals surface area contributed by atoms with Crippen molar-refractivity contribution in [1.82, 2.24) is 0 Å². The fourth-order valence-electron chi connectivity index (χ4n) is 1.25. The third-order valence-corrected chi connectivity index (χ3v) is 2.45. The van der Waals surface area contributed by atoms with Crippen LogP contribution >= 0.6 is 11.6 Å². The highest BCUT2D eigenvalue weighted by Crippen LogP contribution is 2.32. The highest BCUT2D eigenvalue weighted by Gasteiger charge is 2.20. The number of carbonyl (C=O) groups is 1. The van der Waals surface area contributed by atoms with Crippen LogP contribution in [-0.2, 0) is 11.2 Å². The summed E-state index contributed by atoms with van der Waals surface area (Å²) in [5.74, 6) is -1.46. The molecule has 82 valence electrons. The van der Waals surface area contributed by atoms with E-state index in [-0.39, 0.29) is 16.3 Å². The zero-order chi connectivity index (χ0) is 11.6. The molecule has 0 saturated heterocycles. The summed E-state index contributed by atoms with van der Waals surface area (Å²) in [6, 6.07) is 1.89. The van der Waals surface area contributed by atoms with Crippen LogP contribution < -0.4 is 5.73 Å². The number of aryl methyl sites for hydroxylation is 1. The van der Waals surface area contributed by atoms with E-state index in [0.29, 0.717) is 6.42 Å². The fourth-order valence-corrected chi connectivity index (χ4v) is 1.50. The van der Waals surface area contributed by atoms with Crippen molar-refractivity contribution >= 4 is 17.6 Å².